The normalized spacial score (nSPS) is 19.8. The summed E-state index contributed by atoms with van der Waals surface area (Å²) in [4.78, 5) is 5.16. The monoisotopic (exact) mass is 225 g/mol. The zero-order valence-electron chi connectivity index (χ0n) is 9.05. The van der Waals surface area contributed by atoms with E-state index in [2.05, 4.69) is 0 Å². The molecule has 1 aliphatic rings. The zero-order chi connectivity index (χ0) is 11.7. The Morgan fingerprint density at radius 1 is 1.38 bits per heavy atom. The second-order valence-corrected chi connectivity index (χ2v) is 4.01. The second-order valence-electron chi connectivity index (χ2n) is 4.01. The fourth-order valence-electron chi connectivity index (χ4n) is 2.09. The molecule has 3 N–H and O–H groups in total. The molecule has 5 nitrogen and oxygen atoms in total. The van der Waals surface area contributed by atoms with Crippen molar-refractivity contribution in [2.75, 3.05) is 7.05 Å². The van der Waals surface area contributed by atoms with E-state index < -0.39 is 0 Å². The van der Waals surface area contributed by atoms with Gasteiger partial charge in [0.25, 0.3) is 0 Å². The van der Waals surface area contributed by atoms with Crippen molar-refractivity contribution in [2.24, 2.45) is 0 Å². The SMILES string of the molecule is CN(O)OC1CCc2c(ccc(O)c2O)C1. The maximum absolute atomic E-state index is 9.66. The van der Waals surface area contributed by atoms with Crippen molar-refractivity contribution >= 4 is 0 Å². The lowest BCUT2D eigenvalue weighted by molar-refractivity contribution is -0.346. The number of phenols is 2. The first-order chi connectivity index (χ1) is 7.58. The second kappa shape index (κ2) is 4.29. The molecular weight excluding hydrogens is 210 g/mol. The Balaban J connectivity index is 2.19. The van der Waals surface area contributed by atoms with Crippen molar-refractivity contribution in [1.29, 1.82) is 0 Å². The van der Waals surface area contributed by atoms with Crippen molar-refractivity contribution in [3.63, 3.8) is 0 Å². The van der Waals surface area contributed by atoms with E-state index in [9.17, 15) is 10.2 Å². The molecule has 0 spiro atoms. The minimum Gasteiger partial charge on any atom is -0.504 e. The molecular formula is C11H15NO4. The van der Waals surface area contributed by atoms with Crippen molar-refractivity contribution < 1.29 is 20.3 Å². The topological polar surface area (TPSA) is 73.2 Å². The lowest BCUT2D eigenvalue weighted by Gasteiger charge is -2.26. The molecule has 0 bridgehead atoms. The molecule has 0 radical (unpaired) electrons. The highest BCUT2D eigenvalue weighted by molar-refractivity contribution is 5.50. The minimum absolute atomic E-state index is 0.0340. The van der Waals surface area contributed by atoms with E-state index >= 15 is 0 Å². The van der Waals surface area contributed by atoms with Gasteiger partial charge in [0.15, 0.2) is 11.5 Å². The molecule has 0 saturated heterocycles. The molecule has 0 saturated carbocycles. The standard InChI is InChI=1S/C11H15NO4/c1-12(15)16-8-3-4-9-7(6-8)2-5-10(13)11(9)14/h2,5,8,13-15H,3-4,6H2,1H3. The Morgan fingerprint density at radius 3 is 2.81 bits per heavy atom. The summed E-state index contributed by atoms with van der Waals surface area (Å²) in [6.45, 7) is 0. The third kappa shape index (κ3) is 2.11. The number of rotatable bonds is 2. The van der Waals surface area contributed by atoms with E-state index in [0.29, 0.717) is 24.5 Å². The van der Waals surface area contributed by atoms with Gasteiger partial charge < -0.3 is 10.2 Å². The van der Waals surface area contributed by atoms with Crippen LogP contribution in [-0.2, 0) is 17.7 Å². The summed E-state index contributed by atoms with van der Waals surface area (Å²) in [6.07, 6.45) is 1.86. The van der Waals surface area contributed by atoms with Gasteiger partial charge in [-0.15, -0.1) is 0 Å². The summed E-state index contributed by atoms with van der Waals surface area (Å²) >= 11 is 0. The molecule has 2 rings (SSSR count). The molecule has 0 aromatic heterocycles. The molecule has 88 valence electrons. The van der Waals surface area contributed by atoms with Gasteiger partial charge in [0.2, 0.25) is 0 Å². The number of fused-ring (bicyclic) bond motifs is 1. The molecule has 16 heavy (non-hydrogen) atoms. The van der Waals surface area contributed by atoms with Crippen LogP contribution in [-0.4, -0.2) is 33.8 Å². The van der Waals surface area contributed by atoms with Gasteiger partial charge in [-0.05, 0) is 24.5 Å². The number of hydrogen-bond donors (Lipinski definition) is 3. The van der Waals surface area contributed by atoms with Gasteiger partial charge in [-0.3, -0.25) is 10.0 Å². The Labute approximate surface area is 93.4 Å². The average molecular weight is 225 g/mol. The van der Waals surface area contributed by atoms with Crippen LogP contribution in [0.25, 0.3) is 0 Å². The molecule has 1 aromatic carbocycles. The summed E-state index contributed by atoms with van der Waals surface area (Å²) in [5.41, 5.74) is 1.73. The van der Waals surface area contributed by atoms with Crippen molar-refractivity contribution in [3.05, 3.63) is 23.3 Å². The number of hydrogen-bond acceptors (Lipinski definition) is 5. The van der Waals surface area contributed by atoms with Crippen LogP contribution in [0.1, 0.15) is 17.5 Å². The van der Waals surface area contributed by atoms with Gasteiger partial charge in [0, 0.05) is 19.0 Å². The fraction of sp³-hybridized carbons (Fsp3) is 0.455. The maximum Gasteiger partial charge on any atom is 0.160 e. The highest BCUT2D eigenvalue weighted by atomic mass is 16.9. The predicted octanol–water partition coefficient (Wildman–Crippen LogP) is 1.21. The van der Waals surface area contributed by atoms with Crippen LogP contribution in [0.15, 0.2) is 12.1 Å². The van der Waals surface area contributed by atoms with Crippen LogP contribution in [0.2, 0.25) is 0 Å². The lowest BCUT2D eigenvalue weighted by atomic mass is 9.89. The van der Waals surface area contributed by atoms with E-state index in [4.69, 9.17) is 10.0 Å². The maximum atomic E-state index is 9.66. The molecule has 0 aliphatic heterocycles. The number of hydroxylamine groups is 2. The molecule has 1 aliphatic carbocycles. The van der Waals surface area contributed by atoms with E-state index in [1.54, 1.807) is 6.07 Å². The first-order valence-electron chi connectivity index (χ1n) is 5.20. The summed E-state index contributed by atoms with van der Waals surface area (Å²) < 4.78 is 0. The Bertz CT molecular complexity index is 392. The predicted molar refractivity (Wildman–Crippen MR) is 56.2 cm³/mol. The van der Waals surface area contributed by atoms with Crippen LogP contribution in [0.5, 0.6) is 11.5 Å². The van der Waals surface area contributed by atoms with E-state index in [-0.39, 0.29) is 17.6 Å². The van der Waals surface area contributed by atoms with Gasteiger partial charge in [-0.1, -0.05) is 11.3 Å². The van der Waals surface area contributed by atoms with Crippen molar-refractivity contribution in [3.8, 4) is 11.5 Å². The average Bonchev–Trinajstić information content (AvgIpc) is 2.23. The highest BCUT2D eigenvalue weighted by Crippen LogP contribution is 2.36. The van der Waals surface area contributed by atoms with Gasteiger partial charge in [-0.25, -0.2) is 0 Å². The molecule has 0 fully saturated rings. The smallest absolute Gasteiger partial charge is 0.160 e. The molecule has 1 aromatic rings. The summed E-state index contributed by atoms with van der Waals surface area (Å²) in [7, 11) is 1.42. The molecule has 1 atom stereocenters. The zero-order valence-corrected chi connectivity index (χ0v) is 9.05. The van der Waals surface area contributed by atoms with E-state index in [1.165, 1.54) is 13.1 Å². The van der Waals surface area contributed by atoms with E-state index in [1.807, 2.05) is 0 Å². The third-order valence-corrected chi connectivity index (χ3v) is 2.82. The number of benzene rings is 1. The first kappa shape index (κ1) is 11.2. The Hall–Kier alpha value is -1.30. The Kier molecular flexibility index (Phi) is 3.00. The van der Waals surface area contributed by atoms with Gasteiger partial charge in [-0.2, -0.15) is 0 Å². The minimum atomic E-state index is -0.0913. The summed E-state index contributed by atoms with van der Waals surface area (Å²) in [5.74, 6) is -0.120. The molecule has 0 amide bonds. The number of aromatic hydroxyl groups is 2. The van der Waals surface area contributed by atoms with Crippen LogP contribution in [0.3, 0.4) is 0 Å². The van der Waals surface area contributed by atoms with E-state index in [0.717, 1.165) is 11.1 Å². The van der Waals surface area contributed by atoms with Crippen molar-refractivity contribution in [2.45, 2.75) is 25.4 Å². The quantitative estimate of drug-likeness (QED) is 0.521. The van der Waals surface area contributed by atoms with Gasteiger partial charge >= 0.3 is 0 Å². The van der Waals surface area contributed by atoms with Crippen LogP contribution in [0.4, 0.5) is 0 Å². The first-order valence-corrected chi connectivity index (χ1v) is 5.20. The summed E-state index contributed by atoms with van der Waals surface area (Å²) in [5, 5.41) is 28.7. The Morgan fingerprint density at radius 2 is 2.12 bits per heavy atom. The lowest BCUT2D eigenvalue weighted by Crippen LogP contribution is -2.29. The highest BCUT2D eigenvalue weighted by Gasteiger charge is 2.23. The van der Waals surface area contributed by atoms with Gasteiger partial charge in [0.1, 0.15) is 0 Å². The van der Waals surface area contributed by atoms with Gasteiger partial charge in [0.05, 0.1) is 6.10 Å². The molecule has 5 heteroatoms. The molecule has 1 unspecified atom stereocenters. The number of phenolic OH excluding ortho intramolecular Hbond substituents is 2. The molecule has 0 heterocycles. The van der Waals surface area contributed by atoms with Crippen LogP contribution in [0, 0.1) is 0 Å². The van der Waals surface area contributed by atoms with Crippen LogP contribution < -0.4 is 0 Å². The largest absolute Gasteiger partial charge is 0.504 e. The van der Waals surface area contributed by atoms with Crippen molar-refractivity contribution in [1.82, 2.24) is 5.23 Å². The van der Waals surface area contributed by atoms with Crippen LogP contribution >= 0.6 is 0 Å². The summed E-state index contributed by atoms with van der Waals surface area (Å²) in [6, 6.07) is 3.25. The fourth-order valence-corrected chi connectivity index (χ4v) is 2.09. The third-order valence-electron chi connectivity index (χ3n) is 2.82. The number of nitrogens with zero attached hydrogens (tertiary/aromatic N) is 1.